The van der Waals surface area contributed by atoms with E-state index < -0.39 is 0 Å². The predicted octanol–water partition coefficient (Wildman–Crippen LogP) is 4.92. The van der Waals surface area contributed by atoms with Crippen molar-refractivity contribution in [2.75, 3.05) is 0 Å². The number of aromatic nitrogens is 2. The van der Waals surface area contributed by atoms with E-state index in [-0.39, 0.29) is 16.9 Å². The number of allylic oxidation sites excluding steroid dienone is 2. The molecule has 0 spiro atoms. The Morgan fingerprint density at radius 1 is 1.13 bits per heavy atom. The highest BCUT2D eigenvalue weighted by molar-refractivity contribution is 6.06. The second-order valence-corrected chi connectivity index (χ2v) is 11.0. The first-order valence-electron chi connectivity index (χ1n) is 11.8. The van der Waals surface area contributed by atoms with Gasteiger partial charge in [-0.15, -0.1) is 0 Å². The van der Waals surface area contributed by atoms with Crippen molar-refractivity contribution >= 4 is 11.9 Å². The fraction of sp³-hybridized carbons (Fsp3) is 0.692. The number of aliphatic hydroxyl groups excluding tert-OH is 1. The number of fused-ring (bicyclic) bond motifs is 5. The third-order valence-corrected chi connectivity index (χ3v) is 9.60. The first-order chi connectivity index (χ1) is 14.1. The summed E-state index contributed by atoms with van der Waals surface area (Å²) in [5, 5.41) is 14.8. The van der Waals surface area contributed by atoms with E-state index in [9.17, 15) is 9.90 Å². The monoisotopic (exact) mass is 408 g/mol. The number of aryl methyl sites for hydroxylation is 2. The first kappa shape index (κ1) is 20.2. The Morgan fingerprint density at radius 2 is 1.87 bits per heavy atom. The largest absolute Gasteiger partial charge is 0.393 e. The molecular formula is C26H36N2O2. The molecule has 5 rings (SSSR count). The highest BCUT2D eigenvalue weighted by Crippen LogP contribution is 2.64. The second-order valence-electron chi connectivity index (χ2n) is 11.0. The van der Waals surface area contributed by atoms with Gasteiger partial charge >= 0.3 is 0 Å². The molecule has 0 aliphatic heterocycles. The zero-order chi connectivity index (χ0) is 21.4. The molecular weight excluding hydrogens is 372 g/mol. The highest BCUT2D eigenvalue weighted by Gasteiger charge is 2.59. The smallest absolute Gasteiger partial charge is 0.165 e. The van der Waals surface area contributed by atoms with E-state index in [0.29, 0.717) is 23.5 Å². The lowest BCUT2D eigenvalue weighted by molar-refractivity contribution is -0.130. The van der Waals surface area contributed by atoms with Crippen molar-refractivity contribution in [3.8, 4) is 0 Å². The number of aliphatic hydroxyl groups is 1. The predicted molar refractivity (Wildman–Crippen MR) is 119 cm³/mol. The lowest BCUT2D eigenvalue weighted by atomic mass is 9.48. The van der Waals surface area contributed by atoms with Crippen LogP contribution in [0.4, 0.5) is 0 Å². The van der Waals surface area contributed by atoms with E-state index in [4.69, 9.17) is 0 Å². The number of hydrogen-bond donors (Lipinski definition) is 1. The standard InChI is InChI=1S/C26H36N2O2/c1-15-21(16(2)28(5)27-15)12-17-13-23-20-7-6-18-14-19(29)8-10-25(18,3)22(20)9-11-26(23,4)24(17)30/h6,12,19-20,22-23,29H,7-11,13-14H2,1-5H3/b17-12-/t19-,20-,22-,23+,25+,26+/m1/s1. The molecule has 1 aromatic heterocycles. The summed E-state index contributed by atoms with van der Waals surface area (Å²) in [6, 6.07) is 0. The van der Waals surface area contributed by atoms with Gasteiger partial charge in [0.15, 0.2) is 5.78 Å². The molecule has 1 N–H and O–H groups in total. The fourth-order valence-corrected chi connectivity index (χ4v) is 7.61. The molecule has 0 unspecified atom stereocenters. The molecule has 4 aliphatic rings. The SMILES string of the molecule is Cc1nn(C)c(C)c1/C=C1/C[C@H]2[C@@H]3CC=C4C[C@H](O)CC[C@]4(C)[C@@H]3CC[C@]2(C)C1=O. The fourth-order valence-electron chi connectivity index (χ4n) is 7.61. The van der Waals surface area contributed by atoms with Crippen LogP contribution in [0.5, 0.6) is 0 Å². The number of carbonyl (C=O) groups excluding carboxylic acids is 1. The summed E-state index contributed by atoms with van der Waals surface area (Å²) < 4.78 is 1.91. The Hall–Kier alpha value is -1.68. The third-order valence-electron chi connectivity index (χ3n) is 9.60. The number of nitrogens with zero attached hydrogens (tertiary/aromatic N) is 2. The van der Waals surface area contributed by atoms with Gasteiger partial charge in [-0.2, -0.15) is 5.10 Å². The van der Waals surface area contributed by atoms with Gasteiger partial charge in [0.1, 0.15) is 0 Å². The van der Waals surface area contributed by atoms with Crippen molar-refractivity contribution in [1.29, 1.82) is 0 Å². The summed E-state index contributed by atoms with van der Waals surface area (Å²) in [4.78, 5) is 13.6. The zero-order valence-corrected chi connectivity index (χ0v) is 19.2. The Balaban J connectivity index is 1.50. The lowest BCUT2D eigenvalue weighted by Crippen LogP contribution is -2.50. The molecule has 0 bridgehead atoms. The molecule has 162 valence electrons. The summed E-state index contributed by atoms with van der Waals surface area (Å²) >= 11 is 0. The summed E-state index contributed by atoms with van der Waals surface area (Å²) in [5.41, 5.74) is 5.77. The van der Waals surface area contributed by atoms with Crippen molar-refractivity contribution in [2.45, 2.75) is 78.7 Å². The van der Waals surface area contributed by atoms with Gasteiger partial charge in [0.05, 0.1) is 11.8 Å². The number of rotatable bonds is 1. The van der Waals surface area contributed by atoms with Crippen LogP contribution in [0.25, 0.3) is 6.08 Å². The molecule has 0 saturated heterocycles. The van der Waals surface area contributed by atoms with Gasteiger partial charge < -0.3 is 5.11 Å². The van der Waals surface area contributed by atoms with Gasteiger partial charge in [0, 0.05) is 23.7 Å². The topological polar surface area (TPSA) is 55.1 Å². The van der Waals surface area contributed by atoms with Crippen LogP contribution in [0.2, 0.25) is 0 Å². The number of hydrogen-bond acceptors (Lipinski definition) is 3. The average molecular weight is 409 g/mol. The molecule has 1 aromatic rings. The average Bonchev–Trinajstić information content (AvgIpc) is 3.10. The lowest BCUT2D eigenvalue weighted by Gasteiger charge is -2.56. The van der Waals surface area contributed by atoms with Crippen LogP contribution in [-0.4, -0.2) is 26.8 Å². The number of carbonyl (C=O) groups is 1. The minimum Gasteiger partial charge on any atom is -0.393 e. The molecule has 1 heterocycles. The first-order valence-corrected chi connectivity index (χ1v) is 11.8. The van der Waals surface area contributed by atoms with Crippen LogP contribution < -0.4 is 0 Å². The van der Waals surface area contributed by atoms with Crippen LogP contribution in [0.1, 0.15) is 75.7 Å². The van der Waals surface area contributed by atoms with Gasteiger partial charge in [-0.05, 0) is 93.6 Å². The van der Waals surface area contributed by atoms with Crippen LogP contribution in [0, 0.1) is 42.4 Å². The van der Waals surface area contributed by atoms with Crippen molar-refractivity contribution in [3.63, 3.8) is 0 Å². The van der Waals surface area contributed by atoms with Gasteiger partial charge in [0.25, 0.3) is 0 Å². The minimum absolute atomic E-state index is 0.164. The van der Waals surface area contributed by atoms with E-state index in [0.717, 1.165) is 67.5 Å². The summed E-state index contributed by atoms with van der Waals surface area (Å²) in [6.07, 6.45) is 11.4. The maximum atomic E-state index is 13.6. The van der Waals surface area contributed by atoms with E-state index in [1.807, 2.05) is 18.7 Å². The van der Waals surface area contributed by atoms with Gasteiger partial charge in [0.2, 0.25) is 0 Å². The van der Waals surface area contributed by atoms with Crippen LogP contribution in [-0.2, 0) is 11.8 Å². The number of ketones is 1. The zero-order valence-electron chi connectivity index (χ0n) is 19.2. The van der Waals surface area contributed by atoms with E-state index in [2.05, 4.69) is 38.0 Å². The Morgan fingerprint density at radius 3 is 2.57 bits per heavy atom. The molecule has 4 heteroatoms. The van der Waals surface area contributed by atoms with Gasteiger partial charge in [-0.1, -0.05) is 25.5 Å². The highest BCUT2D eigenvalue weighted by atomic mass is 16.3. The molecule has 4 aliphatic carbocycles. The molecule has 0 radical (unpaired) electrons. The molecule has 3 fully saturated rings. The van der Waals surface area contributed by atoms with Crippen LogP contribution in [0.15, 0.2) is 17.2 Å². The maximum absolute atomic E-state index is 13.6. The molecule has 3 saturated carbocycles. The van der Waals surface area contributed by atoms with Gasteiger partial charge in [-0.25, -0.2) is 0 Å². The summed E-state index contributed by atoms with van der Waals surface area (Å²) in [7, 11) is 1.97. The van der Waals surface area contributed by atoms with E-state index in [1.165, 1.54) is 5.57 Å². The number of Topliss-reactive ketones (excluding diaryl/α,β-unsaturated/α-hetero) is 1. The van der Waals surface area contributed by atoms with Crippen molar-refractivity contribution in [3.05, 3.63) is 34.2 Å². The maximum Gasteiger partial charge on any atom is 0.165 e. The normalized spacial score (nSPS) is 42.0. The molecule has 30 heavy (non-hydrogen) atoms. The van der Waals surface area contributed by atoms with Gasteiger partial charge in [-0.3, -0.25) is 9.48 Å². The van der Waals surface area contributed by atoms with Crippen molar-refractivity contribution in [1.82, 2.24) is 9.78 Å². The Labute approximate surface area is 180 Å². The Kier molecular flexibility index (Phi) is 4.49. The minimum atomic E-state index is -0.215. The Bertz CT molecular complexity index is 970. The van der Waals surface area contributed by atoms with Crippen molar-refractivity contribution in [2.24, 2.45) is 35.6 Å². The molecule has 6 atom stereocenters. The summed E-state index contributed by atoms with van der Waals surface area (Å²) in [5.74, 6) is 2.05. The molecule has 0 aromatic carbocycles. The third kappa shape index (κ3) is 2.68. The van der Waals surface area contributed by atoms with E-state index in [1.54, 1.807) is 0 Å². The van der Waals surface area contributed by atoms with Crippen LogP contribution in [0.3, 0.4) is 0 Å². The summed E-state index contributed by atoms with van der Waals surface area (Å²) in [6.45, 7) is 8.81. The quantitative estimate of drug-likeness (QED) is 0.530. The molecule has 4 nitrogen and oxygen atoms in total. The van der Waals surface area contributed by atoms with Crippen molar-refractivity contribution < 1.29 is 9.90 Å². The van der Waals surface area contributed by atoms with Crippen LogP contribution >= 0.6 is 0 Å². The second kappa shape index (κ2) is 6.66. The van der Waals surface area contributed by atoms with E-state index >= 15 is 0 Å². The molecule has 0 amide bonds.